The van der Waals surface area contributed by atoms with Crippen molar-refractivity contribution in [1.29, 1.82) is 0 Å². The maximum atomic E-state index is 12.8. The second kappa shape index (κ2) is 6.71. The standard InChI is InChI=1S/C16H21N3O2S/c1-17-10-12-3-2-7-19(12)16(21)11-4-5-14-13(9-11)18-15(20)6-8-22-14/h4-5,9,12,17H,2-3,6-8,10H2,1H3,(H,18,20). The highest BCUT2D eigenvalue weighted by molar-refractivity contribution is 7.99. The number of rotatable bonds is 3. The van der Waals surface area contributed by atoms with E-state index in [1.165, 1.54) is 0 Å². The molecule has 0 spiro atoms. The number of hydrogen-bond acceptors (Lipinski definition) is 4. The number of likely N-dealkylation sites (N-methyl/N-ethyl adjacent to an activating group) is 1. The van der Waals surface area contributed by atoms with E-state index < -0.39 is 0 Å². The summed E-state index contributed by atoms with van der Waals surface area (Å²) >= 11 is 1.66. The number of thioether (sulfide) groups is 1. The first kappa shape index (κ1) is 15.4. The molecule has 3 rings (SSSR count). The second-order valence-corrected chi connectivity index (χ2v) is 6.85. The van der Waals surface area contributed by atoms with Gasteiger partial charge in [0.25, 0.3) is 5.91 Å². The van der Waals surface area contributed by atoms with Gasteiger partial charge >= 0.3 is 0 Å². The summed E-state index contributed by atoms with van der Waals surface area (Å²) in [7, 11) is 1.91. The van der Waals surface area contributed by atoms with Crippen LogP contribution in [0.25, 0.3) is 0 Å². The smallest absolute Gasteiger partial charge is 0.254 e. The molecular weight excluding hydrogens is 298 g/mol. The van der Waals surface area contributed by atoms with E-state index in [1.807, 2.05) is 30.1 Å². The minimum Gasteiger partial charge on any atom is -0.334 e. The molecule has 1 atom stereocenters. The van der Waals surface area contributed by atoms with Crippen molar-refractivity contribution in [2.75, 3.05) is 31.2 Å². The van der Waals surface area contributed by atoms with E-state index in [0.717, 1.165) is 42.3 Å². The van der Waals surface area contributed by atoms with Gasteiger partial charge < -0.3 is 15.5 Å². The highest BCUT2D eigenvalue weighted by Gasteiger charge is 2.29. The van der Waals surface area contributed by atoms with Crippen molar-refractivity contribution in [3.05, 3.63) is 23.8 Å². The van der Waals surface area contributed by atoms with E-state index in [1.54, 1.807) is 11.8 Å². The molecular formula is C16H21N3O2S. The summed E-state index contributed by atoms with van der Waals surface area (Å²) in [6.45, 7) is 1.63. The maximum Gasteiger partial charge on any atom is 0.254 e. The number of amides is 2. The number of nitrogens with one attached hydrogen (secondary N) is 2. The summed E-state index contributed by atoms with van der Waals surface area (Å²) in [5.41, 5.74) is 1.42. The zero-order valence-electron chi connectivity index (χ0n) is 12.7. The largest absolute Gasteiger partial charge is 0.334 e. The first-order valence-corrected chi connectivity index (χ1v) is 8.70. The number of hydrogen-bond donors (Lipinski definition) is 2. The first-order chi connectivity index (χ1) is 10.7. The number of anilines is 1. The number of nitrogens with zero attached hydrogens (tertiary/aromatic N) is 1. The Balaban J connectivity index is 1.82. The van der Waals surface area contributed by atoms with Gasteiger partial charge in [-0.1, -0.05) is 0 Å². The van der Waals surface area contributed by atoms with E-state index in [2.05, 4.69) is 10.6 Å². The lowest BCUT2D eigenvalue weighted by molar-refractivity contribution is -0.115. The molecule has 0 bridgehead atoms. The first-order valence-electron chi connectivity index (χ1n) is 7.71. The quantitative estimate of drug-likeness (QED) is 0.894. The van der Waals surface area contributed by atoms with E-state index in [9.17, 15) is 9.59 Å². The Morgan fingerprint density at radius 2 is 2.36 bits per heavy atom. The molecule has 2 heterocycles. The molecule has 1 aromatic carbocycles. The van der Waals surface area contributed by atoms with Gasteiger partial charge in [-0.2, -0.15) is 0 Å². The number of likely N-dealkylation sites (tertiary alicyclic amines) is 1. The van der Waals surface area contributed by atoms with Crippen molar-refractivity contribution in [3.63, 3.8) is 0 Å². The molecule has 1 fully saturated rings. The van der Waals surface area contributed by atoms with Gasteiger partial charge in [-0.3, -0.25) is 9.59 Å². The van der Waals surface area contributed by atoms with Gasteiger partial charge in [-0.05, 0) is 38.1 Å². The van der Waals surface area contributed by atoms with Crippen LogP contribution >= 0.6 is 11.8 Å². The van der Waals surface area contributed by atoms with Crippen molar-refractivity contribution in [3.8, 4) is 0 Å². The Bertz CT molecular complexity index is 591. The van der Waals surface area contributed by atoms with Crippen molar-refractivity contribution >= 4 is 29.3 Å². The lowest BCUT2D eigenvalue weighted by Gasteiger charge is -2.25. The average Bonchev–Trinajstić information content (AvgIpc) is 2.88. The summed E-state index contributed by atoms with van der Waals surface area (Å²) in [6, 6.07) is 5.91. The topological polar surface area (TPSA) is 61.4 Å². The highest BCUT2D eigenvalue weighted by Crippen LogP contribution is 2.32. The van der Waals surface area contributed by atoms with Gasteiger partial charge in [0.1, 0.15) is 0 Å². The fourth-order valence-electron chi connectivity index (χ4n) is 3.07. The van der Waals surface area contributed by atoms with Gasteiger partial charge in [-0.15, -0.1) is 11.8 Å². The molecule has 118 valence electrons. The SMILES string of the molecule is CNCC1CCCN1C(=O)c1ccc2c(c1)NC(=O)CCS2. The third kappa shape index (κ3) is 3.13. The molecule has 22 heavy (non-hydrogen) atoms. The molecule has 0 aliphatic carbocycles. The summed E-state index contributed by atoms with van der Waals surface area (Å²) < 4.78 is 0. The third-order valence-electron chi connectivity index (χ3n) is 4.17. The molecule has 2 N–H and O–H groups in total. The van der Waals surface area contributed by atoms with Gasteiger partial charge in [0, 0.05) is 41.8 Å². The molecule has 2 aliphatic heterocycles. The monoisotopic (exact) mass is 319 g/mol. The minimum atomic E-state index is 0.0186. The van der Waals surface area contributed by atoms with Crippen LogP contribution in [0.4, 0.5) is 5.69 Å². The summed E-state index contributed by atoms with van der Waals surface area (Å²) in [5, 5.41) is 6.06. The molecule has 5 nitrogen and oxygen atoms in total. The summed E-state index contributed by atoms with van der Waals surface area (Å²) in [6.07, 6.45) is 2.61. The Morgan fingerprint density at radius 1 is 1.50 bits per heavy atom. The second-order valence-electron chi connectivity index (χ2n) is 5.71. The van der Waals surface area contributed by atoms with E-state index in [4.69, 9.17) is 0 Å². The Hall–Kier alpha value is -1.53. The molecule has 2 amide bonds. The van der Waals surface area contributed by atoms with E-state index in [0.29, 0.717) is 12.0 Å². The summed E-state index contributed by atoms with van der Waals surface area (Å²) in [4.78, 5) is 27.4. The van der Waals surface area contributed by atoms with Crippen molar-refractivity contribution < 1.29 is 9.59 Å². The van der Waals surface area contributed by atoms with Gasteiger partial charge in [0.2, 0.25) is 5.91 Å². The number of fused-ring (bicyclic) bond motifs is 1. The summed E-state index contributed by atoms with van der Waals surface area (Å²) in [5.74, 6) is 0.858. The fraction of sp³-hybridized carbons (Fsp3) is 0.500. The van der Waals surface area contributed by atoms with Crippen LogP contribution < -0.4 is 10.6 Å². The van der Waals surface area contributed by atoms with Crippen LogP contribution in [0, 0.1) is 0 Å². The number of carbonyl (C=O) groups is 2. The van der Waals surface area contributed by atoms with Gasteiger partial charge in [0.15, 0.2) is 0 Å². The molecule has 0 aromatic heterocycles. The lowest BCUT2D eigenvalue weighted by Crippen LogP contribution is -2.40. The molecule has 1 aromatic rings. The molecule has 2 aliphatic rings. The predicted octanol–water partition coefficient (Wildman–Crippen LogP) is 1.94. The van der Waals surface area contributed by atoms with E-state index in [-0.39, 0.29) is 17.9 Å². The zero-order chi connectivity index (χ0) is 15.5. The Kier molecular flexibility index (Phi) is 4.69. The van der Waals surface area contributed by atoms with Crippen LogP contribution in [-0.2, 0) is 4.79 Å². The zero-order valence-corrected chi connectivity index (χ0v) is 13.5. The normalized spacial score (nSPS) is 21.2. The third-order valence-corrected chi connectivity index (χ3v) is 5.24. The van der Waals surface area contributed by atoms with Crippen LogP contribution in [0.5, 0.6) is 0 Å². The highest BCUT2D eigenvalue weighted by atomic mass is 32.2. The van der Waals surface area contributed by atoms with E-state index >= 15 is 0 Å². The average molecular weight is 319 g/mol. The molecule has 0 radical (unpaired) electrons. The van der Waals surface area contributed by atoms with Crippen molar-refractivity contribution in [2.45, 2.75) is 30.2 Å². The maximum absolute atomic E-state index is 12.8. The van der Waals surface area contributed by atoms with Gasteiger partial charge in [-0.25, -0.2) is 0 Å². The predicted molar refractivity (Wildman–Crippen MR) is 88.4 cm³/mol. The number of benzene rings is 1. The van der Waals surface area contributed by atoms with Gasteiger partial charge in [0.05, 0.1) is 5.69 Å². The Morgan fingerprint density at radius 3 is 3.18 bits per heavy atom. The van der Waals surface area contributed by atoms with Crippen LogP contribution in [0.1, 0.15) is 29.6 Å². The molecule has 1 saturated heterocycles. The van der Waals surface area contributed by atoms with Crippen molar-refractivity contribution in [1.82, 2.24) is 10.2 Å². The Labute approximate surface area is 134 Å². The van der Waals surface area contributed by atoms with Crippen LogP contribution in [0.15, 0.2) is 23.1 Å². The molecule has 0 saturated carbocycles. The van der Waals surface area contributed by atoms with Crippen LogP contribution in [0.3, 0.4) is 0 Å². The molecule has 6 heteroatoms. The fourth-order valence-corrected chi connectivity index (χ4v) is 4.01. The molecule has 1 unspecified atom stereocenters. The van der Waals surface area contributed by atoms with Crippen LogP contribution in [0.2, 0.25) is 0 Å². The minimum absolute atomic E-state index is 0.0186. The van der Waals surface area contributed by atoms with Crippen molar-refractivity contribution in [2.24, 2.45) is 0 Å². The number of carbonyl (C=O) groups excluding carboxylic acids is 2. The van der Waals surface area contributed by atoms with Crippen LogP contribution in [-0.4, -0.2) is 48.6 Å². The lowest BCUT2D eigenvalue weighted by atomic mass is 10.1.